The molecule has 6 nitrogen and oxygen atoms in total. The van der Waals surface area contributed by atoms with Crippen LogP contribution in [0.4, 0.5) is 5.69 Å². The number of anilines is 1. The molecule has 0 aliphatic heterocycles. The summed E-state index contributed by atoms with van der Waals surface area (Å²) in [5, 5.41) is -0.245. The van der Waals surface area contributed by atoms with Crippen molar-refractivity contribution in [1.29, 1.82) is 0 Å². The van der Waals surface area contributed by atoms with Gasteiger partial charge in [0.15, 0.2) is 0 Å². The molecule has 34 heavy (non-hydrogen) atoms. The molecule has 0 atom stereocenters. The van der Waals surface area contributed by atoms with E-state index in [0.29, 0.717) is 5.69 Å². The lowest BCUT2D eigenvalue weighted by molar-refractivity contribution is 0.600. The minimum Gasteiger partial charge on any atom is -0.340 e. The van der Waals surface area contributed by atoms with Crippen LogP contribution in [0, 0.1) is 6.92 Å². The van der Waals surface area contributed by atoms with Crippen LogP contribution in [-0.2, 0) is 10.0 Å². The fourth-order valence-corrected chi connectivity index (χ4v) is 5.33. The number of aryl methyl sites for hydroxylation is 1. The van der Waals surface area contributed by atoms with Crippen molar-refractivity contribution in [2.45, 2.75) is 44.8 Å². The largest absolute Gasteiger partial charge is 0.340 e. The molecule has 2 aromatic carbocycles. The number of H-pyrrole nitrogens is 1. The highest BCUT2D eigenvalue weighted by atomic mass is 32.2. The maximum atomic E-state index is 12.2. The summed E-state index contributed by atoms with van der Waals surface area (Å²) in [6, 6.07) is 21.7. The van der Waals surface area contributed by atoms with E-state index in [2.05, 4.69) is 35.7 Å². The minimum absolute atomic E-state index is 0.245. The van der Waals surface area contributed by atoms with Crippen molar-refractivity contribution in [2.75, 3.05) is 4.72 Å². The Morgan fingerprint density at radius 2 is 1.62 bits per heavy atom. The van der Waals surface area contributed by atoms with Crippen LogP contribution in [0.1, 0.15) is 44.1 Å². The van der Waals surface area contributed by atoms with Crippen molar-refractivity contribution in [3.8, 4) is 33.8 Å². The van der Waals surface area contributed by atoms with Gasteiger partial charge >= 0.3 is 0 Å². The van der Waals surface area contributed by atoms with E-state index < -0.39 is 10.0 Å². The summed E-state index contributed by atoms with van der Waals surface area (Å²) in [5.74, 6) is 1.18. The number of aromatic nitrogens is 3. The van der Waals surface area contributed by atoms with Crippen LogP contribution in [0.15, 0.2) is 66.7 Å². The van der Waals surface area contributed by atoms with Gasteiger partial charge in [0, 0.05) is 22.9 Å². The van der Waals surface area contributed by atoms with Crippen LogP contribution in [0.2, 0.25) is 0 Å². The lowest BCUT2D eigenvalue weighted by atomic mass is 10.0. The van der Waals surface area contributed by atoms with Crippen LogP contribution in [-0.4, -0.2) is 28.6 Å². The van der Waals surface area contributed by atoms with E-state index in [1.807, 2.05) is 61.5 Å². The summed E-state index contributed by atoms with van der Waals surface area (Å²) < 4.78 is 27.1. The summed E-state index contributed by atoms with van der Waals surface area (Å²) in [6.45, 7) is 6.22. The predicted molar refractivity (Wildman–Crippen MR) is 137 cm³/mol. The van der Waals surface area contributed by atoms with Crippen molar-refractivity contribution in [3.63, 3.8) is 0 Å². The number of hydrogen-bond donors (Lipinski definition) is 2. The molecule has 0 saturated heterocycles. The standard InChI is InChI=1S/C27H28N4O2S/c1-17(2)27-29-25(26(30-27)24-9-4-6-18(3)28-24)21-8-5-7-20(16-21)19-10-12-22(13-11-19)31-34(32,33)23-14-15-23/h4-13,16-17,23,31H,14-15H2,1-3H3,(H,29,30). The highest BCUT2D eigenvalue weighted by molar-refractivity contribution is 7.93. The Morgan fingerprint density at radius 1 is 0.912 bits per heavy atom. The van der Waals surface area contributed by atoms with Gasteiger partial charge < -0.3 is 4.98 Å². The Labute approximate surface area is 200 Å². The zero-order valence-electron chi connectivity index (χ0n) is 19.5. The number of pyridine rings is 1. The predicted octanol–water partition coefficient (Wildman–Crippen LogP) is 6.14. The Balaban J connectivity index is 1.49. The quantitative estimate of drug-likeness (QED) is 0.338. The summed E-state index contributed by atoms with van der Waals surface area (Å²) >= 11 is 0. The Kier molecular flexibility index (Phi) is 5.73. The fourth-order valence-electron chi connectivity index (χ4n) is 3.94. The molecule has 174 valence electrons. The highest BCUT2D eigenvalue weighted by Gasteiger charge is 2.35. The fraction of sp³-hybridized carbons (Fsp3) is 0.259. The van der Waals surface area contributed by atoms with E-state index in [1.165, 1.54) is 0 Å². The van der Waals surface area contributed by atoms with Crippen molar-refractivity contribution in [3.05, 3.63) is 78.2 Å². The molecule has 0 radical (unpaired) electrons. The first-order valence-electron chi connectivity index (χ1n) is 11.6. The van der Waals surface area contributed by atoms with Crippen LogP contribution in [0.25, 0.3) is 33.8 Å². The lowest BCUT2D eigenvalue weighted by Crippen LogP contribution is -2.17. The van der Waals surface area contributed by atoms with Gasteiger partial charge in [-0.05, 0) is 61.2 Å². The molecule has 4 aromatic rings. The number of imidazole rings is 1. The van der Waals surface area contributed by atoms with E-state index in [0.717, 1.165) is 58.1 Å². The lowest BCUT2D eigenvalue weighted by Gasteiger charge is -2.09. The zero-order chi connectivity index (χ0) is 23.9. The maximum Gasteiger partial charge on any atom is 0.235 e. The second-order valence-corrected chi connectivity index (χ2v) is 11.1. The van der Waals surface area contributed by atoms with Gasteiger partial charge in [-0.2, -0.15) is 0 Å². The number of nitrogens with one attached hydrogen (secondary N) is 2. The van der Waals surface area contributed by atoms with E-state index in [9.17, 15) is 8.42 Å². The van der Waals surface area contributed by atoms with E-state index in [-0.39, 0.29) is 11.2 Å². The molecule has 2 N–H and O–H groups in total. The monoisotopic (exact) mass is 472 g/mol. The third kappa shape index (κ3) is 4.61. The van der Waals surface area contributed by atoms with E-state index in [1.54, 1.807) is 0 Å². The number of rotatable bonds is 7. The van der Waals surface area contributed by atoms with Gasteiger partial charge in [-0.15, -0.1) is 0 Å². The molecule has 1 saturated carbocycles. The Hall–Kier alpha value is -3.45. The first-order chi connectivity index (χ1) is 16.3. The van der Waals surface area contributed by atoms with Crippen LogP contribution in [0.5, 0.6) is 0 Å². The second kappa shape index (κ2) is 8.72. The van der Waals surface area contributed by atoms with Crippen LogP contribution < -0.4 is 4.72 Å². The molecular weight excluding hydrogens is 444 g/mol. The summed E-state index contributed by atoms with van der Waals surface area (Å²) in [7, 11) is -3.27. The van der Waals surface area contributed by atoms with Gasteiger partial charge in [0.05, 0.1) is 22.3 Å². The average molecular weight is 473 g/mol. The van der Waals surface area contributed by atoms with Crippen LogP contribution in [0.3, 0.4) is 0 Å². The smallest absolute Gasteiger partial charge is 0.235 e. The van der Waals surface area contributed by atoms with Gasteiger partial charge in [-0.3, -0.25) is 9.71 Å². The molecular formula is C27H28N4O2S. The number of benzene rings is 2. The van der Waals surface area contributed by atoms with Gasteiger partial charge in [-0.25, -0.2) is 13.4 Å². The van der Waals surface area contributed by atoms with Gasteiger partial charge in [0.25, 0.3) is 0 Å². The number of sulfonamides is 1. The molecule has 1 aliphatic rings. The van der Waals surface area contributed by atoms with Crippen LogP contribution >= 0.6 is 0 Å². The summed E-state index contributed by atoms with van der Waals surface area (Å²) in [5.41, 5.74) is 7.23. The SMILES string of the molecule is Cc1cccc(-c2[nH]c(C(C)C)nc2-c2cccc(-c3ccc(NS(=O)(=O)C4CC4)cc3)c2)n1. The number of aromatic amines is 1. The van der Waals surface area contributed by atoms with Crippen molar-refractivity contribution >= 4 is 15.7 Å². The number of nitrogens with zero attached hydrogens (tertiary/aromatic N) is 2. The molecule has 0 bridgehead atoms. The molecule has 7 heteroatoms. The normalized spacial score (nSPS) is 13.9. The van der Waals surface area contributed by atoms with Crippen molar-refractivity contribution in [1.82, 2.24) is 15.0 Å². The molecule has 0 spiro atoms. The zero-order valence-corrected chi connectivity index (χ0v) is 20.4. The van der Waals surface area contributed by atoms with Gasteiger partial charge in [0.2, 0.25) is 10.0 Å². The summed E-state index contributed by atoms with van der Waals surface area (Å²) in [6.07, 6.45) is 1.48. The third-order valence-corrected chi connectivity index (χ3v) is 7.86. The second-order valence-electron chi connectivity index (χ2n) is 9.17. The Bertz CT molecular complexity index is 1440. The van der Waals surface area contributed by atoms with Gasteiger partial charge in [-0.1, -0.05) is 50.2 Å². The molecule has 0 amide bonds. The molecule has 2 aromatic heterocycles. The summed E-state index contributed by atoms with van der Waals surface area (Å²) in [4.78, 5) is 13.1. The third-order valence-electron chi connectivity index (χ3n) is 5.99. The molecule has 1 aliphatic carbocycles. The molecule has 0 unspecified atom stereocenters. The molecule has 1 fully saturated rings. The number of hydrogen-bond acceptors (Lipinski definition) is 4. The molecule has 5 rings (SSSR count). The average Bonchev–Trinajstić information content (AvgIpc) is 3.59. The van der Waals surface area contributed by atoms with E-state index >= 15 is 0 Å². The Morgan fingerprint density at radius 3 is 2.29 bits per heavy atom. The minimum atomic E-state index is -3.27. The highest BCUT2D eigenvalue weighted by Crippen LogP contribution is 2.34. The first kappa shape index (κ1) is 22.3. The molecule has 2 heterocycles. The van der Waals surface area contributed by atoms with E-state index in [4.69, 9.17) is 9.97 Å². The topological polar surface area (TPSA) is 87.7 Å². The van der Waals surface area contributed by atoms with Gasteiger partial charge in [0.1, 0.15) is 5.82 Å². The van der Waals surface area contributed by atoms with Crippen molar-refractivity contribution in [2.24, 2.45) is 0 Å². The van der Waals surface area contributed by atoms with Crippen molar-refractivity contribution < 1.29 is 8.42 Å². The first-order valence-corrected chi connectivity index (χ1v) is 13.1. The maximum absolute atomic E-state index is 12.2.